The molecule has 1 amide bonds. The van der Waals surface area contributed by atoms with Crippen LogP contribution in [-0.2, 0) is 0 Å². The highest BCUT2D eigenvalue weighted by molar-refractivity contribution is 7.17. The van der Waals surface area contributed by atoms with Crippen LogP contribution in [0.2, 0.25) is 0 Å². The number of nitriles is 1. The molecule has 0 saturated carbocycles. The molecule has 1 aromatic heterocycles. The van der Waals surface area contributed by atoms with Gasteiger partial charge in [0.05, 0.1) is 23.9 Å². The Labute approximate surface area is 192 Å². The van der Waals surface area contributed by atoms with E-state index in [1.165, 1.54) is 11.3 Å². The molecule has 2 heterocycles. The second-order valence-corrected chi connectivity index (χ2v) is 8.78. The maximum Gasteiger partial charge on any atom is 0.263 e. The highest BCUT2D eigenvalue weighted by atomic mass is 32.1. The fourth-order valence-corrected chi connectivity index (χ4v) is 4.85. The maximum atomic E-state index is 12.9. The van der Waals surface area contributed by atoms with Gasteiger partial charge in [0.25, 0.3) is 5.91 Å². The van der Waals surface area contributed by atoms with Crippen LogP contribution in [0.5, 0.6) is 5.75 Å². The zero-order valence-corrected chi connectivity index (χ0v) is 19.1. The topological polar surface area (TPSA) is 78.2 Å². The summed E-state index contributed by atoms with van der Waals surface area (Å²) in [6, 6.07) is 17.8. The van der Waals surface area contributed by atoms with E-state index in [9.17, 15) is 4.79 Å². The molecule has 1 N–H and O–H groups in total. The van der Waals surface area contributed by atoms with Crippen molar-refractivity contribution in [3.05, 3.63) is 64.7 Å². The molecule has 7 heteroatoms. The Hall–Kier alpha value is -3.37. The zero-order valence-electron chi connectivity index (χ0n) is 18.3. The average molecular weight is 447 g/mol. The molecule has 0 aliphatic carbocycles. The van der Waals surface area contributed by atoms with Gasteiger partial charge in [-0.25, -0.2) is 4.98 Å². The Bertz CT molecular complexity index is 1110. The van der Waals surface area contributed by atoms with Gasteiger partial charge in [0.1, 0.15) is 15.6 Å². The molecule has 0 spiro atoms. The molecule has 3 aromatic rings. The summed E-state index contributed by atoms with van der Waals surface area (Å²) in [6.45, 7) is 6.22. The molecular weight excluding hydrogens is 420 g/mol. The van der Waals surface area contributed by atoms with E-state index in [1.54, 1.807) is 0 Å². The number of aryl methyl sites for hydroxylation is 1. The third-order valence-electron chi connectivity index (χ3n) is 5.61. The average Bonchev–Trinajstić information content (AvgIpc) is 3.22. The second-order valence-electron chi connectivity index (χ2n) is 7.78. The van der Waals surface area contributed by atoms with Crippen LogP contribution in [-0.4, -0.2) is 36.6 Å². The third kappa shape index (κ3) is 4.92. The number of thiazole rings is 1. The number of nitrogens with one attached hydrogen (secondary N) is 1. The minimum Gasteiger partial charge on any atom is -0.494 e. The molecular formula is C25H26N4O2S. The first-order valence-electron chi connectivity index (χ1n) is 10.8. The van der Waals surface area contributed by atoms with Crippen LogP contribution in [0.25, 0.3) is 10.6 Å². The number of nitrogens with zero attached hydrogens (tertiary/aromatic N) is 3. The lowest BCUT2D eigenvalue weighted by Gasteiger charge is -2.34. The number of hydrogen-bond acceptors (Lipinski definition) is 6. The first kappa shape index (κ1) is 21.8. The molecule has 1 aliphatic heterocycles. The lowest BCUT2D eigenvalue weighted by atomic mass is 10.0. The molecule has 32 heavy (non-hydrogen) atoms. The molecule has 0 unspecified atom stereocenters. The van der Waals surface area contributed by atoms with Crippen molar-refractivity contribution in [2.45, 2.75) is 32.7 Å². The van der Waals surface area contributed by atoms with Crippen molar-refractivity contribution in [2.75, 3.05) is 24.6 Å². The molecule has 0 bridgehead atoms. The summed E-state index contributed by atoms with van der Waals surface area (Å²) in [4.78, 5) is 20.5. The fraction of sp³-hybridized carbons (Fsp3) is 0.320. The number of carbonyl (C=O) groups is 1. The van der Waals surface area contributed by atoms with Crippen LogP contribution >= 0.6 is 11.3 Å². The van der Waals surface area contributed by atoms with E-state index in [0.717, 1.165) is 53.6 Å². The van der Waals surface area contributed by atoms with Crippen molar-refractivity contribution in [1.82, 2.24) is 10.3 Å². The highest BCUT2D eigenvalue weighted by Gasteiger charge is 2.23. The summed E-state index contributed by atoms with van der Waals surface area (Å²) in [5, 5.41) is 13.0. The molecule has 1 saturated heterocycles. The normalized spacial score (nSPS) is 14.1. The molecule has 1 aliphatic rings. The minimum absolute atomic E-state index is 0.0472. The molecule has 0 radical (unpaired) electrons. The molecule has 6 nitrogen and oxygen atoms in total. The summed E-state index contributed by atoms with van der Waals surface area (Å²) in [6.07, 6.45) is 1.77. The van der Waals surface area contributed by atoms with E-state index in [1.807, 2.05) is 62.4 Å². The SMILES string of the molecule is CCOc1ccc(-c2nc(C)c(C(=O)NC3CCN(c4ccc(C#N)cc4)CC3)s2)cc1. The lowest BCUT2D eigenvalue weighted by molar-refractivity contribution is 0.0934. The third-order valence-corrected chi connectivity index (χ3v) is 6.81. The van der Waals surface area contributed by atoms with E-state index in [2.05, 4.69) is 21.3 Å². The smallest absolute Gasteiger partial charge is 0.263 e. The van der Waals surface area contributed by atoms with Gasteiger partial charge < -0.3 is 15.0 Å². The van der Waals surface area contributed by atoms with Crippen LogP contribution in [0, 0.1) is 18.3 Å². The van der Waals surface area contributed by atoms with Gasteiger partial charge in [-0.15, -0.1) is 11.3 Å². The van der Waals surface area contributed by atoms with Gasteiger partial charge in [0, 0.05) is 30.4 Å². The van der Waals surface area contributed by atoms with Crippen molar-refractivity contribution in [3.8, 4) is 22.4 Å². The van der Waals surface area contributed by atoms with E-state index < -0.39 is 0 Å². The summed E-state index contributed by atoms with van der Waals surface area (Å²) in [7, 11) is 0. The Morgan fingerprint density at radius 2 is 1.88 bits per heavy atom. The molecule has 164 valence electrons. The number of benzene rings is 2. The molecule has 4 rings (SSSR count). The lowest BCUT2D eigenvalue weighted by Crippen LogP contribution is -2.44. The number of anilines is 1. The number of rotatable bonds is 6. The van der Waals surface area contributed by atoms with Crippen LogP contribution < -0.4 is 15.0 Å². The van der Waals surface area contributed by atoms with Crippen molar-refractivity contribution in [3.63, 3.8) is 0 Å². The predicted octanol–water partition coefficient (Wildman–Crippen LogP) is 4.79. The van der Waals surface area contributed by atoms with E-state index in [-0.39, 0.29) is 11.9 Å². The number of aromatic nitrogens is 1. The summed E-state index contributed by atoms with van der Waals surface area (Å²) < 4.78 is 5.50. The van der Waals surface area contributed by atoms with Crippen LogP contribution in [0.1, 0.15) is 40.7 Å². The summed E-state index contributed by atoms with van der Waals surface area (Å²) in [5.74, 6) is 0.781. The largest absolute Gasteiger partial charge is 0.494 e. The molecule has 1 fully saturated rings. The van der Waals surface area contributed by atoms with Crippen LogP contribution in [0.15, 0.2) is 48.5 Å². The Balaban J connectivity index is 1.36. The van der Waals surface area contributed by atoms with Crippen molar-refractivity contribution in [1.29, 1.82) is 5.26 Å². The van der Waals surface area contributed by atoms with Gasteiger partial charge in [0.15, 0.2) is 0 Å². The minimum atomic E-state index is -0.0472. The number of piperidine rings is 1. The van der Waals surface area contributed by atoms with E-state index in [4.69, 9.17) is 10.00 Å². The van der Waals surface area contributed by atoms with Crippen molar-refractivity contribution in [2.24, 2.45) is 0 Å². The molecule has 0 atom stereocenters. The van der Waals surface area contributed by atoms with Gasteiger partial charge >= 0.3 is 0 Å². The number of carbonyl (C=O) groups excluding carboxylic acids is 1. The number of amides is 1. The predicted molar refractivity (Wildman–Crippen MR) is 127 cm³/mol. The van der Waals surface area contributed by atoms with E-state index in [0.29, 0.717) is 17.0 Å². The number of ether oxygens (including phenoxy) is 1. The first-order chi connectivity index (χ1) is 15.6. The quantitative estimate of drug-likeness (QED) is 0.589. The van der Waals surface area contributed by atoms with Gasteiger partial charge in [-0.3, -0.25) is 4.79 Å². The summed E-state index contributed by atoms with van der Waals surface area (Å²) >= 11 is 1.43. The maximum absolute atomic E-state index is 12.9. The summed E-state index contributed by atoms with van der Waals surface area (Å²) in [5.41, 5.74) is 3.52. The van der Waals surface area contributed by atoms with E-state index >= 15 is 0 Å². The van der Waals surface area contributed by atoms with Crippen LogP contribution in [0.4, 0.5) is 5.69 Å². The van der Waals surface area contributed by atoms with Crippen LogP contribution in [0.3, 0.4) is 0 Å². The van der Waals surface area contributed by atoms with Gasteiger partial charge in [-0.05, 0) is 75.2 Å². The van der Waals surface area contributed by atoms with Gasteiger partial charge in [-0.1, -0.05) is 0 Å². The Kier molecular flexibility index (Phi) is 6.72. The Morgan fingerprint density at radius 3 is 2.50 bits per heavy atom. The fourth-order valence-electron chi connectivity index (χ4n) is 3.87. The Morgan fingerprint density at radius 1 is 1.19 bits per heavy atom. The van der Waals surface area contributed by atoms with Gasteiger partial charge in [-0.2, -0.15) is 5.26 Å². The zero-order chi connectivity index (χ0) is 22.5. The van der Waals surface area contributed by atoms with Crippen molar-refractivity contribution >= 4 is 22.9 Å². The highest BCUT2D eigenvalue weighted by Crippen LogP contribution is 2.29. The molecule has 2 aromatic carbocycles. The number of hydrogen-bond donors (Lipinski definition) is 1. The monoisotopic (exact) mass is 446 g/mol. The first-order valence-corrected chi connectivity index (χ1v) is 11.7. The second kappa shape index (κ2) is 9.84. The van der Waals surface area contributed by atoms with Crippen molar-refractivity contribution < 1.29 is 9.53 Å². The van der Waals surface area contributed by atoms with Gasteiger partial charge in [0.2, 0.25) is 0 Å². The standard InChI is InChI=1S/C25H26N4O2S/c1-3-31-22-10-6-19(7-11-22)25-27-17(2)23(32-25)24(30)28-20-12-14-29(15-13-20)21-8-4-18(16-26)5-9-21/h4-11,20H,3,12-15H2,1-2H3,(H,28,30).